The number of ketones is 1. The van der Waals surface area contributed by atoms with Crippen LogP contribution in [-0.4, -0.2) is 31.7 Å². The molecule has 1 heterocycles. The fourth-order valence-corrected chi connectivity index (χ4v) is 4.59. The first-order valence-electron chi connectivity index (χ1n) is 10.5. The van der Waals surface area contributed by atoms with Crippen LogP contribution in [0.3, 0.4) is 0 Å². The summed E-state index contributed by atoms with van der Waals surface area (Å²) < 4.78 is 30.8. The maximum absolute atomic E-state index is 12.8. The van der Waals surface area contributed by atoms with Gasteiger partial charge in [-0.2, -0.15) is 0 Å². The Hall–Kier alpha value is -3.49. The first kappa shape index (κ1) is 22.7. The lowest BCUT2D eigenvalue weighted by atomic mass is 10.0. The van der Waals surface area contributed by atoms with Crippen molar-refractivity contribution >= 4 is 50.6 Å². The van der Waals surface area contributed by atoms with Gasteiger partial charge >= 0.3 is 5.97 Å². The molecule has 0 aliphatic carbocycles. The maximum atomic E-state index is 12.8. The zero-order valence-electron chi connectivity index (χ0n) is 17.9. The third-order valence-corrected chi connectivity index (χ3v) is 6.32. The highest BCUT2D eigenvalue weighted by Gasteiger charge is 2.30. The Bertz CT molecular complexity index is 1340. The van der Waals surface area contributed by atoms with Gasteiger partial charge in [-0.3, -0.25) is 13.3 Å². The molecule has 0 saturated heterocycles. The lowest BCUT2D eigenvalue weighted by molar-refractivity contribution is -0.138. The molecule has 7 nitrogen and oxygen atoms in total. The second kappa shape index (κ2) is 9.56. The molecule has 0 aliphatic heterocycles. The number of benzene rings is 3. The fourth-order valence-electron chi connectivity index (χ4n) is 3.93. The quantitative estimate of drug-likeness (QED) is 0.280. The Kier molecular flexibility index (Phi) is 6.57. The van der Waals surface area contributed by atoms with Gasteiger partial charge in [0.2, 0.25) is 0 Å². The summed E-state index contributed by atoms with van der Waals surface area (Å²) >= 11 is -2.93. The predicted octanol–water partition coefficient (Wildman–Crippen LogP) is 4.87. The van der Waals surface area contributed by atoms with Crippen LogP contribution in [0.2, 0.25) is 0 Å². The minimum Gasteiger partial charge on any atom is -0.755 e. The minimum absolute atomic E-state index is 0.140. The third kappa shape index (κ3) is 4.67. The van der Waals surface area contributed by atoms with Crippen LogP contribution in [0.5, 0.6) is 0 Å². The van der Waals surface area contributed by atoms with E-state index in [1.165, 1.54) is 6.07 Å². The largest absolute Gasteiger partial charge is 0.755 e. The van der Waals surface area contributed by atoms with E-state index >= 15 is 0 Å². The molecule has 3 aromatic carbocycles. The second-order valence-electron chi connectivity index (χ2n) is 7.75. The third-order valence-electron chi connectivity index (χ3n) is 5.54. The average Bonchev–Trinajstić information content (AvgIpc) is 3.17. The van der Waals surface area contributed by atoms with Gasteiger partial charge in [0.15, 0.2) is 5.78 Å². The van der Waals surface area contributed by atoms with Gasteiger partial charge in [0.1, 0.15) is 17.2 Å². The summed E-state index contributed by atoms with van der Waals surface area (Å²) in [5, 5.41) is 11.3. The average molecular weight is 465 g/mol. The Morgan fingerprint density at radius 1 is 1.03 bits per heavy atom. The zero-order valence-corrected chi connectivity index (χ0v) is 18.7. The number of furan rings is 1. The van der Waals surface area contributed by atoms with E-state index in [1.807, 2.05) is 30.3 Å². The summed E-state index contributed by atoms with van der Waals surface area (Å²) in [6, 6.07) is 17.3. The monoisotopic (exact) mass is 464 g/mol. The Labute approximate surface area is 193 Å². The van der Waals surface area contributed by atoms with Crippen molar-refractivity contribution in [3.05, 3.63) is 77.9 Å². The molecule has 0 amide bonds. The van der Waals surface area contributed by atoms with Crippen LogP contribution >= 0.6 is 0 Å². The Morgan fingerprint density at radius 3 is 2.39 bits per heavy atom. The van der Waals surface area contributed by atoms with Crippen LogP contribution in [0, 0.1) is 0 Å². The lowest BCUT2D eigenvalue weighted by Crippen LogP contribution is -2.44. The van der Waals surface area contributed by atoms with E-state index in [0.717, 1.165) is 28.1 Å². The van der Waals surface area contributed by atoms with Gasteiger partial charge in [-0.05, 0) is 36.2 Å². The summed E-state index contributed by atoms with van der Waals surface area (Å²) in [5.41, 5.74) is 2.74. The van der Waals surface area contributed by atoms with Crippen molar-refractivity contribution < 1.29 is 27.9 Å². The normalized spacial score (nSPS) is 13.2. The first-order valence-corrected chi connectivity index (χ1v) is 11.6. The van der Waals surface area contributed by atoms with Crippen LogP contribution in [0.15, 0.2) is 71.1 Å². The van der Waals surface area contributed by atoms with E-state index in [0.29, 0.717) is 22.1 Å². The number of carbonyl (C=O) groups excluding carboxylic acids is 1. The summed E-state index contributed by atoms with van der Waals surface area (Å²) in [6.45, 7) is 2.05. The molecule has 8 heteroatoms. The van der Waals surface area contributed by atoms with Crippen molar-refractivity contribution in [1.82, 2.24) is 0 Å². The van der Waals surface area contributed by atoms with Crippen LogP contribution in [0.1, 0.15) is 35.7 Å². The molecule has 0 spiro atoms. The number of carboxylic acid groups (broad SMARTS) is 1. The number of carboxylic acids is 1. The molecule has 1 aromatic heterocycles. The number of fused-ring (bicyclic) bond motifs is 3. The van der Waals surface area contributed by atoms with Gasteiger partial charge in [-0.15, -0.1) is 0 Å². The van der Waals surface area contributed by atoms with Gasteiger partial charge < -0.3 is 14.1 Å². The van der Waals surface area contributed by atoms with Crippen molar-refractivity contribution in [3.63, 3.8) is 0 Å². The highest BCUT2D eigenvalue weighted by atomic mass is 32.2. The number of aryl methyl sites for hydroxylation is 1. The number of para-hydroxylation sites is 1. The molecule has 4 aromatic rings. The fraction of sp³-hybridized carbons (Fsp3) is 0.200. The van der Waals surface area contributed by atoms with E-state index in [-0.39, 0.29) is 5.69 Å². The SMILES string of the molecule is CCCc1ccc(C(=O)CC(C(=O)O)N(c2ccc3oc4ccccc4c3c2)S(=O)[O-])cc1. The molecule has 0 saturated carbocycles. The number of rotatable bonds is 9. The number of nitrogens with zero attached hydrogens (tertiary/aromatic N) is 1. The molecule has 0 fully saturated rings. The van der Waals surface area contributed by atoms with Gasteiger partial charge in [0.25, 0.3) is 0 Å². The van der Waals surface area contributed by atoms with Crippen molar-refractivity contribution in [1.29, 1.82) is 0 Å². The van der Waals surface area contributed by atoms with E-state index in [1.54, 1.807) is 30.3 Å². The molecule has 0 bridgehead atoms. The van der Waals surface area contributed by atoms with Gasteiger partial charge in [0.05, 0.1) is 5.69 Å². The topological polar surface area (TPSA) is 111 Å². The number of hydrogen-bond donors (Lipinski definition) is 1. The number of anilines is 1. The minimum atomic E-state index is -2.93. The molecule has 1 N–H and O–H groups in total. The molecular formula is C25H22NO6S-. The summed E-state index contributed by atoms with van der Waals surface area (Å²) in [6.07, 6.45) is 1.34. The van der Waals surface area contributed by atoms with Crippen LogP contribution < -0.4 is 4.31 Å². The molecule has 0 radical (unpaired) electrons. The van der Waals surface area contributed by atoms with E-state index < -0.39 is 35.5 Å². The lowest BCUT2D eigenvalue weighted by Gasteiger charge is -2.31. The standard InChI is InChI=1S/C25H23NO6S/c1-2-5-16-8-10-17(11-9-16)22(27)15-21(25(28)29)26(33(30)31)18-12-13-24-20(14-18)19-6-3-4-7-23(19)32-24/h3-4,6-14,21H,2,5,15H2,1H3,(H,28,29)(H,30,31)/p-1. The first-order chi connectivity index (χ1) is 15.9. The van der Waals surface area contributed by atoms with Gasteiger partial charge in [-0.1, -0.05) is 55.8 Å². The molecule has 4 rings (SSSR count). The second-order valence-corrected chi connectivity index (χ2v) is 8.58. The summed E-state index contributed by atoms with van der Waals surface area (Å²) in [7, 11) is 0. The van der Waals surface area contributed by atoms with Crippen LogP contribution in [0.4, 0.5) is 5.69 Å². The number of aliphatic carboxylic acids is 1. The summed E-state index contributed by atoms with van der Waals surface area (Å²) in [5.74, 6) is -1.86. The van der Waals surface area contributed by atoms with Gasteiger partial charge in [0, 0.05) is 34.0 Å². The van der Waals surface area contributed by atoms with Crippen LogP contribution in [0.25, 0.3) is 21.9 Å². The van der Waals surface area contributed by atoms with E-state index in [9.17, 15) is 23.5 Å². The Balaban J connectivity index is 1.68. The number of hydrogen-bond acceptors (Lipinski definition) is 5. The number of carbonyl (C=O) groups is 2. The van der Waals surface area contributed by atoms with Crippen molar-refractivity contribution in [2.24, 2.45) is 0 Å². The summed E-state index contributed by atoms with van der Waals surface area (Å²) in [4.78, 5) is 24.9. The molecule has 2 unspecified atom stereocenters. The maximum Gasteiger partial charge on any atom is 0.327 e. The van der Waals surface area contributed by atoms with E-state index in [2.05, 4.69) is 6.92 Å². The molecule has 2 atom stereocenters. The zero-order chi connectivity index (χ0) is 23.5. The highest BCUT2D eigenvalue weighted by molar-refractivity contribution is 7.80. The molecule has 33 heavy (non-hydrogen) atoms. The Morgan fingerprint density at radius 2 is 1.73 bits per heavy atom. The number of Topliss-reactive ketones (excluding diaryl/α,β-unsaturated/α-hetero) is 1. The predicted molar refractivity (Wildman–Crippen MR) is 126 cm³/mol. The van der Waals surface area contributed by atoms with Crippen molar-refractivity contribution in [3.8, 4) is 0 Å². The van der Waals surface area contributed by atoms with E-state index in [4.69, 9.17) is 4.42 Å². The molecular weight excluding hydrogens is 442 g/mol. The van der Waals surface area contributed by atoms with Crippen molar-refractivity contribution in [2.75, 3.05) is 4.31 Å². The molecule has 170 valence electrons. The van der Waals surface area contributed by atoms with Gasteiger partial charge in [-0.25, -0.2) is 4.79 Å². The van der Waals surface area contributed by atoms with Crippen molar-refractivity contribution in [2.45, 2.75) is 32.2 Å². The van der Waals surface area contributed by atoms with Crippen LogP contribution in [-0.2, 0) is 22.5 Å². The molecule has 0 aliphatic rings. The highest BCUT2D eigenvalue weighted by Crippen LogP contribution is 2.33. The smallest absolute Gasteiger partial charge is 0.327 e.